The van der Waals surface area contributed by atoms with E-state index < -0.39 is 0 Å². The van der Waals surface area contributed by atoms with Crippen LogP contribution in [0.25, 0.3) is 0 Å². The standard InChI is InChI=1S/C11H26N2O2/c1-6-11(14-9-7-12(2)3)15-10-8-13(4)5/h11H,6-10H2,1-5H3. The van der Waals surface area contributed by atoms with E-state index in [1.54, 1.807) is 0 Å². The fourth-order valence-electron chi connectivity index (χ4n) is 1.02. The van der Waals surface area contributed by atoms with Crippen molar-refractivity contribution < 1.29 is 9.47 Å². The molecule has 0 rings (SSSR count). The van der Waals surface area contributed by atoms with E-state index in [0.717, 1.165) is 32.7 Å². The summed E-state index contributed by atoms with van der Waals surface area (Å²) in [5, 5.41) is 0. The van der Waals surface area contributed by atoms with Crippen molar-refractivity contribution >= 4 is 0 Å². The largest absolute Gasteiger partial charge is 0.351 e. The Labute approximate surface area is 94.1 Å². The lowest BCUT2D eigenvalue weighted by molar-refractivity contribution is -0.146. The Morgan fingerprint density at radius 3 is 1.53 bits per heavy atom. The Morgan fingerprint density at radius 1 is 0.867 bits per heavy atom. The van der Waals surface area contributed by atoms with Gasteiger partial charge < -0.3 is 19.3 Å². The highest BCUT2D eigenvalue weighted by molar-refractivity contribution is 4.46. The van der Waals surface area contributed by atoms with Crippen molar-refractivity contribution in [2.45, 2.75) is 19.6 Å². The maximum atomic E-state index is 5.60. The van der Waals surface area contributed by atoms with Gasteiger partial charge in [-0.3, -0.25) is 0 Å². The van der Waals surface area contributed by atoms with E-state index >= 15 is 0 Å². The second-order valence-electron chi connectivity index (χ2n) is 4.19. The summed E-state index contributed by atoms with van der Waals surface area (Å²) in [6, 6.07) is 0. The molecule has 0 aliphatic carbocycles. The van der Waals surface area contributed by atoms with E-state index in [-0.39, 0.29) is 6.29 Å². The molecule has 0 aromatic rings. The molecule has 0 heterocycles. The molecule has 0 fully saturated rings. The van der Waals surface area contributed by atoms with Gasteiger partial charge in [-0.25, -0.2) is 0 Å². The van der Waals surface area contributed by atoms with Gasteiger partial charge in [0.05, 0.1) is 13.2 Å². The van der Waals surface area contributed by atoms with E-state index in [4.69, 9.17) is 9.47 Å². The van der Waals surface area contributed by atoms with E-state index in [0.29, 0.717) is 0 Å². The minimum absolute atomic E-state index is 0.0510. The number of hydrogen-bond acceptors (Lipinski definition) is 4. The second kappa shape index (κ2) is 9.09. The van der Waals surface area contributed by atoms with Crippen LogP contribution < -0.4 is 0 Å². The summed E-state index contributed by atoms with van der Waals surface area (Å²) in [4.78, 5) is 4.21. The minimum Gasteiger partial charge on any atom is -0.351 e. The number of rotatable bonds is 9. The number of ether oxygens (including phenoxy) is 2. The lowest BCUT2D eigenvalue weighted by Crippen LogP contribution is -2.26. The summed E-state index contributed by atoms with van der Waals surface area (Å²) < 4.78 is 11.2. The molecule has 0 amide bonds. The van der Waals surface area contributed by atoms with Crippen LogP contribution in [-0.4, -0.2) is 70.6 Å². The fraction of sp³-hybridized carbons (Fsp3) is 1.00. The van der Waals surface area contributed by atoms with Gasteiger partial charge in [0.15, 0.2) is 6.29 Å². The zero-order valence-corrected chi connectivity index (χ0v) is 10.8. The molecule has 0 aliphatic rings. The monoisotopic (exact) mass is 218 g/mol. The highest BCUT2D eigenvalue weighted by Crippen LogP contribution is 2.00. The molecule has 92 valence electrons. The lowest BCUT2D eigenvalue weighted by Gasteiger charge is -2.19. The topological polar surface area (TPSA) is 24.9 Å². The smallest absolute Gasteiger partial charge is 0.157 e. The van der Waals surface area contributed by atoms with Crippen LogP contribution in [0, 0.1) is 0 Å². The summed E-state index contributed by atoms with van der Waals surface area (Å²) in [6.07, 6.45) is 0.853. The van der Waals surface area contributed by atoms with Crippen LogP contribution in [0.15, 0.2) is 0 Å². The molecule has 0 atom stereocenters. The summed E-state index contributed by atoms with van der Waals surface area (Å²) in [5.74, 6) is 0. The van der Waals surface area contributed by atoms with Gasteiger partial charge in [0.2, 0.25) is 0 Å². The van der Waals surface area contributed by atoms with Crippen LogP contribution in [0.1, 0.15) is 13.3 Å². The summed E-state index contributed by atoms with van der Waals surface area (Å²) >= 11 is 0. The van der Waals surface area contributed by atoms with Gasteiger partial charge in [-0.05, 0) is 34.6 Å². The zero-order chi connectivity index (χ0) is 11.7. The van der Waals surface area contributed by atoms with E-state index in [1.807, 2.05) is 28.2 Å². The summed E-state index contributed by atoms with van der Waals surface area (Å²) in [5.41, 5.74) is 0. The van der Waals surface area contributed by atoms with Crippen LogP contribution in [0.5, 0.6) is 0 Å². The summed E-state index contributed by atoms with van der Waals surface area (Å²) in [7, 11) is 8.16. The van der Waals surface area contributed by atoms with Crippen molar-refractivity contribution in [2.24, 2.45) is 0 Å². The molecular formula is C11H26N2O2. The second-order valence-corrected chi connectivity index (χ2v) is 4.19. The molecule has 0 saturated carbocycles. The maximum Gasteiger partial charge on any atom is 0.157 e. The van der Waals surface area contributed by atoms with Gasteiger partial charge in [-0.1, -0.05) is 6.92 Å². The first-order valence-electron chi connectivity index (χ1n) is 5.59. The van der Waals surface area contributed by atoms with E-state index in [9.17, 15) is 0 Å². The maximum absolute atomic E-state index is 5.60. The molecule has 0 N–H and O–H groups in total. The van der Waals surface area contributed by atoms with Gasteiger partial charge in [0, 0.05) is 13.1 Å². The quantitative estimate of drug-likeness (QED) is 0.536. The highest BCUT2D eigenvalue weighted by atomic mass is 16.7. The molecule has 4 heteroatoms. The van der Waals surface area contributed by atoms with Gasteiger partial charge >= 0.3 is 0 Å². The molecule has 4 nitrogen and oxygen atoms in total. The van der Waals surface area contributed by atoms with Crippen LogP contribution in [-0.2, 0) is 9.47 Å². The fourth-order valence-corrected chi connectivity index (χ4v) is 1.02. The van der Waals surface area contributed by atoms with E-state index in [2.05, 4.69) is 16.7 Å². The first kappa shape index (κ1) is 14.8. The van der Waals surface area contributed by atoms with Crippen LogP contribution in [0.3, 0.4) is 0 Å². The first-order valence-corrected chi connectivity index (χ1v) is 5.59. The Morgan fingerprint density at radius 2 is 1.27 bits per heavy atom. The molecule has 0 aromatic heterocycles. The predicted molar refractivity (Wildman–Crippen MR) is 63.1 cm³/mol. The summed E-state index contributed by atoms with van der Waals surface area (Å²) in [6.45, 7) is 5.41. The number of likely N-dealkylation sites (N-methyl/N-ethyl adjacent to an activating group) is 2. The van der Waals surface area contributed by atoms with Crippen molar-refractivity contribution in [1.82, 2.24) is 9.80 Å². The Bertz CT molecular complexity index is 127. The predicted octanol–water partition coefficient (Wildman–Crippen LogP) is 0.879. The average molecular weight is 218 g/mol. The van der Waals surface area contributed by atoms with Gasteiger partial charge in [0.1, 0.15) is 0 Å². The Hall–Kier alpha value is -0.160. The molecule has 0 saturated heterocycles. The van der Waals surface area contributed by atoms with Crippen LogP contribution >= 0.6 is 0 Å². The zero-order valence-electron chi connectivity index (χ0n) is 10.8. The molecule has 0 bridgehead atoms. The third-order valence-electron chi connectivity index (χ3n) is 2.02. The van der Waals surface area contributed by atoms with Crippen LogP contribution in [0.2, 0.25) is 0 Å². The van der Waals surface area contributed by atoms with Crippen molar-refractivity contribution in [3.8, 4) is 0 Å². The molecule has 0 aliphatic heterocycles. The molecule has 15 heavy (non-hydrogen) atoms. The normalized spacial score (nSPS) is 12.0. The Balaban J connectivity index is 3.46. The molecular weight excluding hydrogens is 192 g/mol. The highest BCUT2D eigenvalue weighted by Gasteiger charge is 2.06. The first-order chi connectivity index (χ1) is 7.06. The SMILES string of the molecule is CCC(OCCN(C)C)OCCN(C)C. The third-order valence-corrected chi connectivity index (χ3v) is 2.02. The van der Waals surface area contributed by atoms with Gasteiger partial charge in [0.25, 0.3) is 0 Å². The van der Waals surface area contributed by atoms with Crippen molar-refractivity contribution in [1.29, 1.82) is 0 Å². The minimum atomic E-state index is -0.0510. The number of nitrogens with zero attached hydrogens (tertiary/aromatic N) is 2. The van der Waals surface area contributed by atoms with Crippen LogP contribution in [0.4, 0.5) is 0 Å². The molecule has 0 radical (unpaired) electrons. The van der Waals surface area contributed by atoms with Crippen molar-refractivity contribution in [3.63, 3.8) is 0 Å². The third kappa shape index (κ3) is 10.1. The van der Waals surface area contributed by atoms with Crippen molar-refractivity contribution in [2.75, 3.05) is 54.5 Å². The van der Waals surface area contributed by atoms with E-state index in [1.165, 1.54) is 0 Å². The van der Waals surface area contributed by atoms with Gasteiger partial charge in [-0.2, -0.15) is 0 Å². The van der Waals surface area contributed by atoms with Gasteiger partial charge in [-0.15, -0.1) is 0 Å². The molecule has 0 spiro atoms. The average Bonchev–Trinajstić information content (AvgIpc) is 2.14. The lowest BCUT2D eigenvalue weighted by atomic mass is 10.4. The van der Waals surface area contributed by atoms with Crippen molar-refractivity contribution in [3.05, 3.63) is 0 Å². The number of hydrogen-bond donors (Lipinski definition) is 0. The molecule has 0 aromatic carbocycles. The molecule has 0 unspecified atom stereocenters. The Kier molecular flexibility index (Phi) is 9.00.